The van der Waals surface area contributed by atoms with Crippen molar-refractivity contribution in [3.8, 4) is 0 Å². The van der Waals surface area contributed by atoms with E-state index < -0.39 is 5.91 Å². The van der Waals surface area contributed by atoms with Crippen molar-refractivity contribution < 1.29 is 9.21 Å². The first-order chi connectivity index (χ1) is 12.1. The molecule has 2 N–H and O–H groups in total. The molecule has 0 saturated heterocycles. The van der Waals surface area contributed by atoms with Gasteiger partial charge in [0.25, 0.3) is 5.91 Å². The number of hydrogen-bond acceptors (Lipinski definition) is 5. The van der Waals surface area contributed by atoms with Gasteiger partial charge in [0.15, 0.2) is 0 Å². The summed E-state index contributed by atoms with van der Waals surface area (Å²) in [5, 5.41) is 11.5. The van der Waals surface area contributed by atoms with Crippen molar-refractivity contribution in [2.45, 2.75) is 13.8 Å². The summed E-state index contributed by atoms with van der Waals surface area (Å²) < 4.78 is 5.59. The summed E-state index contributed by atoms with van der Waals surface area (Å²) in [6.45, 7) is 5.96. The minimum Gasteiger partial charge on any atom is -0.438 e. The average Bonchev–Trinajstić information content (AvgIpc) is 2.63. The Hall–Kier alpha value is -3.15. The lowest BCUT2D eigenvalue weighted by atomic mass is 10.1. The molecule has 0 radical (unpaired) electrons. The van der Waals surface area contributed by atoms with Crippen LogP contribution in [0.4, 0.5) is 11.5 Å². The van der Waals surface area contributed by atoms with E-state index in [0.29, 0.717) is 11.4 Å². The van der Waals surface area contributed by atoms with E-state index in [9.17, 15) is 4.79 Å². The fourth-order valence-electron chi connectivity index (χ4n) is 2.69. The van der Waals surface area contributed by atoms with Crippen molar-refractivity contribution >= 4 is 28.4 Å². The van der Waals surface area contributed by atoms with Crippen LogP contribution in [0, 0.1) is 5.41 Å². The molecule has 0 bridgehead atoms. The SMILES string of the molecule is CCN(CC)c1ccc2cc(C(=O)Nc3ccccn3)c(=N)oc2c1. The van der Waals surface area contributed by atoms with E-state index in [1.165, 1.54) is 0 Å². The molecule has 0 spiro atoms. The van der Waals surface area contributed by atoms with Gasteiger partial charge in [0.2, 0.25) is 5.55 Å². The number of nitrogens with zero attached hydrogens (tertiary/aromatic N) is 2. The molecule has 128 valence electrons. The van der Waals surface area contributed by atoms with Gasteiger partial charge in [-0.3, -0.25) is 10.2 Å². The normalized spacial score (nSPS) is 10.6. The number of carbonyl (C=O) groups excluding carboxylic acids is 1. The summed E-state index contributed by atoms with van der Waals surface area (Å²) in [6, 6.07) is 12.7. The smallest absolute Gasteiger partial charge is 0.262 e. The predicted molar refractivity (Wildman–Crippen MR) is 97.8 cm³/mol. The van der Waals surface area contributed by atoms with Crippen LogP contribution in [0.5, 0.6) is 0 Å². The molecule has 1 amide bonds. The monoisotopic (exact) mass is 336 g/mol. The second kappa shape index (κ2) is 7.17. The zero-order valence-corrected chi connectivity index (χ0v) is 14.2. The molecule has 0 unspecified atom stereocenters. The van der Waals surface area contributed by atoms with E-state index in [1.54, 1.807) is 30.5 Å². The molecule has 6 nitrogen and oxygen atoms in total. The van der Waals surface area contributed by atoms with Crippen LogP contribution in [-0.2, 0) is 0 Å². The lowest BCUT2D eigenvalue weighted by molar-refractivity contribution is 0.102. The summed E-state index contributed by atoms with van der Waals surface area (Å²) in [6.07, 6.45) is 1.59. The molecule has 0 aliphatic heterocycles. The Morgan fingerprint density at radius 3 is 2.68 bits per heavy atom. The van der Waals surface area contributed by atoms with Crippen molar-refractivity contribution in [1.82, 2.24) is 4.98 Å². The Morgan fingerprint density at radius 2 is 2.00 bits per heavy atom. The van der Waals surface area contributed by atoms with Crippen molar-refractivity contribution in [1.29, 1.82) is 5.41 Å². The van der Waals surface area contributed by atoms with Crippen LogP contribution in [0.1, 0.15) is 24.2 Å². The highest BCUT2D eigenvalue weighted by Gasteiger charge is 2.13. The molecule has 0 fully saturated rings. The Morgan fingerprint density at radius 1 is 1.20 bits per heavy atom. The van der Waals surface area contributed by atoms with Crippen LogP contribution in [0.25, 0.3) is 11.0 Å². The van der Waals surface area contributed by atoms with Crippen molar-refractivity contribution in [3.05, 3.63) is 59.8 Å². The zero-order chi connectivity index (χ0) is 17.8. The Labute approximate surface area is 145 Å². The maximum atomic E-state index is 12.4. The van der Waals surface area contributed by atoms with Crippen LogP contribution >= 0.6 is 0 Å². The van der Waals surface area contributed by atoms with Crippen LogP contribution < -0.4 is 15.8 Å². The topological polar surface area (TPSA) is 82.2 Å². The van der Waals surface area contributed by atoms with Gasteiger partial charge in [-0.15, -0.1) is 0 Å². The highest BCUT2D eigenvalue weighted by Crippen LogP contribution is 2.22. The first kappa shape index (κ1) is 16.7. The first-order valence-corrected chi connectivity index (χ1v) is 8.22. The van der Waals surface area contributed by atoms with Gasteiger partial charge in [-0.1, -0.05) is 6.07 Å². The maximum absolute atomic E-state index is 12.4. The van der Waals surface area contributed by atoms with E-state index in [4.69, 9.17) is 9.83 Å². The second-order valence-electron chi connectivity index (χ2n) is 5.55. The predicted octanol–water partition coefficient (Wildman–Crippen LogP) is 3.41. The summed E-state index contributed by atoms with van der Waals surface area (Å²) in [4.78, 5) is 18.7. The minimum atomic E-state index is -0.415. The molecular formula is C19H20N4O2. The average molecular weight is 336 g/mol. The van der Waals surface area contributed by atoms with Crippen LogP contribution in [-0.4, -0.2) is 24.0 Å². The third-order valence-corrected chi connectivity index (χ3v) is 4.03. The van der Waals surface area contributed by atoms with Crippen LogP contribution in [0.2, 0.25) is 0 Å². The van der Waals surface area contributed by atoms with Crippen molar-refractivity contribution in [2.24, 2.45) is 0 Å². The van der Waals surface area contributed by atoms with Crippen LogP contribution in [0.3, 0.4) is 0 Å². The molecule has 1 aromatic carbocycles. The van der Waals surface area contributed by atoms with Gasteiger partial charge in [0, 0.05) is 36.4 Å². The molecule has 6 heteroatoms. The van der Waals surface area contributed by atoms with E-state index in [1.807, 2.05) is 18.2 Å². The van der Waals surface area contributed by atoms with E-state index in [-0.39, 0.29) is 11.1 Å². The highest BCUT2D eigenvalue weighted by atomic mass is 16.3. The summed E-state index contributed by atoms with van der Waals surface area (Å²) in [5.41, 5.74) is 1.63. The van der Waals surface area contributed by atoms with Gasteiger partial charge in [-0.2, -0.15) is 0 Å². The number of pyridine rings is 1. The van der Waals surface area contributed by atoms with Gasteiger partial charge in [-0.25, -0.2) is 4.98 Å². The Kier molecular flexibility index (Phi) is 4.79. The minimum absolute atomic E-state index is 0.169. The summed E-state index contributed by atoms with van der Waals surface area (Å²) in [5.74, 6) is 0.0195. The molecular weight excluding hydrogens is 316 g/mol. The summed E-state index contributed by atoms with van der Waals surface area (Å²) in [7, 11) is 0. The number of fused-ring (bicyclic) bond motifs is 1. The van der Waals surface area contributed by atoms with Gasteiger partial charge in [0.05, 0.1) is 0 Å². The molecule has 3 aromatic rings. The molecule has 25 heavy (non-hydrogen) atoms. The van der Waals surface area contributed by atoms with Gasteiger partial charge >= 0.3 is 0 Å². The fourth-order valence-corrected chi connectivity index (χ4v) is 2.69. The van der Waals surface area contributed by atoms with Crippen molar-refractivity contribution in [3.63, 3.8) is 0 Å². The molecule has 0 atom stereocenters. The molecule has 0 saturated carbocycles. The third-order valence-electron chi connectivity index (χ3n) is 4.03. The third kappa shape index (κ3) is 3.52. The highest BCUT2D eigenvalue weighted by molar-refractivity contribution is 6.04. The largest absolute Gasteiger partial charge is 0.438 e. The Bertz CT molecular complexity index is 947. The fraction of sp³-hybridized carbons (Fsp3) is 0.211. The number of nitrogens with one attached hydrogen (secondary N) is 2. The number of amides is 1. The van der Waals surface area contributed by atoms with E-state index in [2.05, 4.69) is 29.0 Å². The number of aromatic nitrogens is 1. The van der Waals surface area contributed by atoms with E-state index >= 15 is 0 Å². The first-order valence-electron chi connectivity index (χ1n) is 8.22. The van der Waals surface area contributed by atoms with Crippen molar-refractivity contribution in [2.75, 3.05) is 23.3 Å². The molecule has 0 aliphatic rings. The maximum Gasteiger partial charge on any atom is 0.262 e. The number of carbonyl (C=O) groups is 1. The number of hydrogen-bond donors (Lipinski definition) is 2. The molecule has 3 rings (SSSR count). The zero-order valence-electron chi connectivity index (χ0n) is 14.2. The second-order valence-corrected chi connectivity index (χ2v) is 5.55. The van der Waals surface area contributed by atoms with Crippen LogP contribution in [0.15, 0.2) is 53.1 Å². The van der Waals surface area contributed by atoms with Gasteiger partial charge in [-0.05, 0) is 44.2 Å². The number of rotatable bonds is 5. The van der Waals surface area contributed by atoms with E-state index in [0.717, 1.165) is 24.2 Å². The Balaban J connectivity index is 1.95. The lowest BCUT2D eigenvalue weighted by Crippen LogP contribution is -2.22. The number of anilines is 2. The van der Waals surface area contributed by atoms with Gasteiger partial charge in [0.1, 0.15) is 17.0 Å². The lowest BCUT2D eigenvalue weighted by Gasteiger charge is -2.21. The summed E-state index contributed by atoms with van der Waals surface area (Å²) >= 11 is 0. The quantitative estimate of drug-likeness (QED) is 0.748. The standard InChI is InChI=1S/C19H20N4O2/c1-3-23(4-2)14-9-8-13-11-15(18(20)25-16(13)12-14)19(24)22-17-7-5-6-10-21-17/h5-12,20H,3-4H2,1-2H3,(H,21,22,24). The molecule has 2 aromatic heterocycles. The molecule has 0 aliphatic carbocycles. The number of benzene rings is 1. The molecule has 2 heterocycles. The van der Waals surface area contributed by atoms with Gasteiger partial charge < -0.3 is 14.6 Å².